The largest absolute Gasteiger partial charge is 0.460 e. The average Bonchev–Trinajstić information content (AvgIpc) is 3.18. The summed E-state index contributed by atoms with van der Waals surface area (Å²) in [5.74, 6) is 0.433. The third-order valence-corrected chi connectivity index (χ3v) is 4.46. The molecule has 0 aliphatic carbocycles. The SMILES string of the molecule is CC(C)(Oc1nn(-c2ccccc2)cc1Br)C(=O)N1CCCC1. The van der Waals surface area contributed by atoms with Gasteiger partial charge < -0.3 is 9.64 Å². The Bertz CT molecular complexity index is 691. The number of ether oxygens (including phenoxy) is 1. The summed E-state index contributed by atoms with van der Waals surface area (Å²) in [7, 11) is 0. The van der Waals surface area contributed by atoms with Gasteiger partial charge in [0.05, 0.1) is 10.2 Å². The van der Waals surface area contributed by atoms with Crippen LogP contribution in [0.2, 0.25) is 0 Å². The Morgan fingerprint density at radius 2 is 1.87 bits per heavy atom. The van der Waals surface area contributed by atoms with Gasteiger partial charge in [-0.2, -0.15) is 0 Å². The number of nitrogens with zero attached hydrogens (tertiary/aromatic N) is 3. The first-order valence-corrected chi connectivity index (χ1v) is 8.56. The topological polar surface area (TPSA) is 47.4 Å². The molecule has 122 valence electrons. The summed E-state index contributed by atoms with van der Waals surface area (Å²) < 4.78 is 8.40. The van der Waals surface area contributed by atoms with Crippen LogP contribution >= 0.6 is 15.9 Å². The molecule has 0 unspecified atom stereocenters. The van der Waals surface area contributed by atoms with Crippen LogP contribution in [0.1, 0.15) is 26.7 Å². The number of carbonyl (C=O) groups excluding carboxylic acids is 1. The van der Waals surface area contributed by atoms with E-state index in [-0.39, 0.29) is 5.91 Å². The number of carbonyl (C=O) groups is 1. The second kappa shape index (κ2) is 6.35. The van der Waals surface area contributed by atoms with Crippen molar-refractivity contribution in [2.75, 3.05) is 13.1 Å². The Balaban J connectivity index is 1.79. The summed E-state index contributed by atoms with van der Waals surface area (Å²) in [5, 5.41) is 4.45. The number of halogens is 1. The quantitative estimate of drug-likeness (QED) is 0.819. The van der Waals surface area contributed by atoms with Crippen LogP contribution in [-0.4, -0.2) is 39.3 Å². The molecule has 5 nitrogen and oxygen atoms in total. The van der Waals surface area contributed by atoms with Gasteiger partial charge in [-0.05, 0) is 54.8 Å². The van der Waals surface area contributed by atoms with Crippen LogP contribution in [0.4, 0.5) is 0 Å². The summed E-state index contributed by atoms with van der Waals surface area (Å²) >= 11 is 3.47. The van der Waals surface area contributed by atoms with Crippen LogP contribution in [0.3, 0.4) is 0 Å². The molecule has 0 saturated carbocycles. The lowest BCUT2D eigenvalue weighted by Gasteiger charge is -2.29. The minimum Gasteiger partial charge on any atom is -0.460 e. The van der Waals surface area contributed by atoms with Gasteiger partial charge in [-0.15, -0.1) is 5.10 Å². The lowest BCUT2D eigenvalue weighted by Crippen LogP contribution is -2.47. The fourth-order valence-corrected chi connectivity index (χ4v) is 3.06. The number of para-hydroxylation sites is 1. The van der Waals surface area contributed by atoms with Gasteiger partial charge in [0.25, 0.3) is 5.91 Å². The van der Waals surface area contributed by atoms with Crippen molar-refractivity contribution in [3.05, 3.63) is 41.0 Å². The van der Waals surface area contributed by atoms with Crippen LogP contribution in [0.25, 0.3) is 5.69 Å². The smallest absolute Gasteiger partial charge is 0.266 e. The highest BCUT2D eigenvalue weighted by molar-refractivity contribution is 9.10. The predicted molar refractivity (Wildman–Crippen MR) is 91.8 cm³/mol. The molecule has 2 aromatic rings. The van der Waals surface area contributed by atoms with Crippen molar-refractivity contribution in [3.8, 4) is 11.6 Å². The predicted octanol–water partition coefficient (Wildman–Crippen LogP) is 3.41. The molecule has 6 heteroatoms. The third kappa shape index (κ3) is 3.42. The molecule has 0 spiro atoms. The Morgan fingerprint density at radius 3 is 2.52 bits per heavy atom. The first kappa shape index (κ1) is 16.1. The number of rotatable bonds is 4. The van der Waals surface area contributed by atoms with E-state index in [1.54, 1.807) is 18.5 Å². The maximum absolute atomic E-state index is 12.6. The maximum Gasteiger partial charge on any atom is 0.266 e. The standard InChI is InChI=1S/C17H20BrN3O2/c1-17(2,16(22)20-10-6-7-11-20)23-15-14(18)12-21(19-15)13-8-4-3-5-9-13/h3-5,8-9,12H,6-7,10-11H2,1-2H3. The number of aromatic nitrogens is 2. The van der Waals surface area contributed by atoms with Crippen LogP contribution in [-0.2, 0) is 4.79 Å². The highest BCUT2D eigenvalue weighted by Gasteiger charge is 2.36. The molecule has 0 bridgehead atoms. The van der Waals surface area contributed by atoms with Gasteiger partial charge in [-0.25, -0.2) is 4.68 Å². The summed E-state index contributed by atoms with van der Waals surface area (Å²) in [6.45, 7) is 5.21. The highest BCUT2D eigenvalue weighted by atomic mass is 79.9. The number of amides is 1. The van der Waals surface area contributed by atoms with Crippen molar-refractivity contribution < 1.29 is 9.53 Å². The molecule has 0 atom stereocenters. The fourth-order valence-electron chi connectivity index (χ4n) is 2.71. The molecule has 1 fully saturated rings. The van der Waals surface area contributed by atoms with E-state index >= 15 is 0 Å². The number of likely N-dealkylation sites (tertiary alicyclic amines) is 1. The molecule has 1 aromatic carbocycles. The number of hydrogen-bond acceptors (Lipinski definition) is 3. The highest BCUT2D eigenvalue weighted by Crippen LogP contribution is 2.29. The number of hydrogen-bond donors (Lipinski definition) is 0. The van der Waals surface area contributed by atoms with Crippen LogP contribution in [0.5, 0.6) is 5.88 Å². The van der Waals surface area contributed by atoms with E-state index in [1.807, 2.05) is 41.4 Å². The molecule has 23 heavy (non-hydrogen) atoms. The van der Waals surface area contributed by atoms with Crippen LogP contribution in [0.15, 0.2) is 41.0 Å². The molecule has 1 amide bonds. The van der Waals surface area contributed by atoms with Gasteiger partial charge in [-0.1, -0.05) is 18.2 Å². The van der Waals surface area contributed by atoms with E-state index in [9.17, 15) is 4.79 Å². The zero-order valence-corrected chi connectivity index (χ0v) is 14.9. The molecule has 0 radical (unpaired) electrons. The van der Waals surface area contributed by atoms with Crippen LogP contribution in [0, 0.1) is 0 Å². The Kier molecular flexibility index (Phi) is 4.43. The summed E-state index contributed by atoms with van der Waals surface area (Å²) in [6.07, 6.45) is 3.96. The molecule has 2 heterocycles. The van der Waals surface area contributed by atoms with Crippen molar-refractivity contribution in [2.24, 2.45) is 0 Å². The van der Waals surface area contributed by atoms with Crippen LogP contribution < -0.4 is 4.74 Å². The number of benzene rings is 1. The second-order valence-electron chi connectivity index (χ2n) is 6.17. The van der Waals surface area contributed by atoms with Gasteiger partial charge in [0.1, 0.15) is 0 Å². The molecular weight excluding hydrogens is 358 g/mol. The third-order valence-electron chi connectivity index (χ3n) is 3.92. The summed E-state index contributed by atoms with van der Waals surface area (Å²) in [6, 6.07) is 9.78. The van der Waals surface area contributed by atoms with Crippen molar-refractivity contribution in [1.82, 2.24) is 14.7 Å². The fraction of sp³-hybridized carbons (Fsp3) is 0.412. The Morgan fingerprint density at radius 1 is 1.22 bits per heavy atom. The van der Waals surface area contributed by atoms with E-state index in [0.29, 0.717) is 5.88 Å². The van der Waals surface area contributed by atoms with E-state index in [2.05, 4.69) is 21.0 Å². The van der Waals surface area contributed by atoms with Gasteiger partial charge in [-0.3, -0.25) is 4.79 Å². The Labute approximate surface area is 144 Å². The zero-order valence-electron chi connectivity index (χ0n) is 13.3. The lowest BCUT2D eigenvalue weighted by molar-refractivity contribution is -0.144. The molecule has 3 rings (SSSR count). The summed E-state index contributed by atoms with van der Waals surface area (Å²) in [5.41, 5.74) is -0.00495. The monoisotopic (exact) mass is 377 g/mol. The molecule has 1 aliphatic rings. The molecule has 1 aliphatic heterocycles. The van der Waals surface area contributed by atoms with Gasteiger partial charge in [0, 0.05) is 19.3 Å². The van der Waals surface area contributed by atoms with Gasteiger partial charge in [0.15, 0.2) is 5.60 Å². The van der Waals surface area contributed by atoms with Gasteiger partial charge in [0.2, 0.25) is 5.88 Å². The van der Waals surface area contributed by atoms with E-state index in [4.69, 9.17) is 4.74 Å². The van der Waals surface area contributed by atoms with Crippen molar-refractivity contribution in [2.45, 2.75) is 32.3 Å². The van der Waals surface area contributed by atoms with Crippen molar-refractivity contribution in [3.63, 3.8) is 0 Å². The van der Waals surface area contributed by atoms with Crippen molar-refractivity contribution >= 4 is 21.8 Å². The minimum atomic E-state index is -0.942. The molecule has 1 saturated heterocycles. The van der Waals surface area contributed by atoms with E-state index < -0.39 is 5.60 Å². The zero-order chi connectivity index (χ0) is 16.4. The molecule has 1 aromatic heterocycles. The average molecular weight is 378 g/mol. The first-order chi connectivity index (χ1) is 11.0. The van der Waals surface area contributed by atoms with Gasteiger partial charge >= 0.3 is 0 Å². The molecular formula is C17H20BrN3O2. The lowest BCUT2D eigenvalue weighted by atomic mass is 10.1. The molecule has 0 N–H and O–H groups in total. The van der Waals surface area contributed by atoms with Crippen molar-refractivity contribution in [1.29, 1.82) is 0 Å². The maximum atomic E-state index is 12.6. The second-order valence-corrected chi connectivity index (χ2v) is 7.03. The minimum absolute atomic E-state index is 0.0103. The first-order valence-electron chi connectivity index (χ1n) is 7.76. The van der Waals surface area contributed by atoms with E-state index in [1.165, 1.54) is 0 Å². The summed E-state index contributed by atoms with van der Waals surface area (Å²) in [4.78, 5) is 14.5. The normalized spacial score (nSPS) is 15.0. The van der Waals surface area contributed by atoms with E-state index in [0.717, 1.165) is 36.1 Å². The Hall–Kier alpha value is -1.82.